The second-order valence-corrected chi connectivity index (χ2v) is 7.01. The van der Waals surface area contributed by atoms with Crippen molar-refractivity contribution in [2.24, 2.45) is 0 Å². The molecule has 5 heteroatoms. The van der Waals surface area contributed by atoms with E-state index in [1.54, 1.807) is 25.3 Å². The van der Waals surface area contributed by atoms with Crippen LogP contribution in [0.2, 0.25) is 0 Å². The maximum absolute atomic E-state index is 12.6. The van der Waals surface area contributed by atoms with Gasteiger partial charge in [-0.25, -0.2) is 0 Å². The molecule has 1 aromatic rings. The van der Waals surface area contributed by atoms with E-state index >= 15 is 0 Å². The summed E-state index contributed by atoms with van der Waals surface area (Å²) < 4.78 is 10.9. The van der Waals surface area contributed by atoms with E-state index in [1.165, 1.54) is 25.7 Å². The first kappa shape index (κ1) is 19.6. The summed E-state index contributed by atoms with van der Waals surface area (Å²) in [4.78, 5) is 14.9. The van der Waals surface area contributed by atoms with Crippen LogP contribution in [0.1, 0.15) is 55.8 Å². The number of hydrogen-bond donors (Lipinski definition) is 1. The molecule has 0 aliphatic heterocycles. The number of amides is 1. The van der Waals surface area contributed by atoms with Crippen LogP contribution in [-0.4, -0.2) is 50.7 Å². The fourth-order valence-electron chi connectivity index (χ4n) is 3.60. The number of hydrogen-bond acceptors (Lipinski definition) is 4. The lowest BCUT2D eigenvalue weighted by atomic mass is 9.88. The number of nitrogens with zero attached hydrogens (tertiary/aromatic N) is 1. The van der Waals surface area contributed by atoms with Crippen molar-refractivity contribution in [3.63, 3.8) is 0 Å². The van der Waals surface area contributed by atoms with Gasteiger partial charge in [-0.2, -0.15) is 0 Å². The van der Waals surface area contributed by atoms with Crippen LogP contribution in [0.15, 0.2) is 18.2 Å². The van der Waals surface area contributed by atoms with Crippen molar-refractivity contribution in [2.45, 2.75) is 51.0 Å². The van der Waals surface area contributed by atoms with Gasteiger partial charge in [-0.1, -0.05) is 25.7 Å². The molecule has 0 saturated heterocycles. The molecule has 5 nitrogen and oxygen atoms in total. The molecule has 0 heterocycles. The monoisotopic (exact) mass is 348 g/mol. The zero-order valence-electron chi connectivity index (χ0n) is 16.1. The van der Waals surface area contributed by atoms with Gasteiger partial charge in [-0.05, 0) is 52.1 Å². The molecule has 0 bridgehead atoms. The van der Waals surface area contributed by atoms with Crippen LogP contribution in [0.3, 0.4) is 0 Å². The number of likely N-dealkylation sites (N-methyl/N-ethyl adjacent to an activating group) is 1. The van der Waals surface area contributed by atoms with Crippen molar-refractivity contribution < 1.29 is 14.3 Å². The van der Waals surface area contributed by atoms with Gasteiger partial charge >= 0.3 is 0 Å². The predicted octanol–water partition coefficient (Wildman–Crippen LogP) is 3.48. The smallest absolute Gasteiger partial charge is 0.251 e. The molecule has 0 unspecified atom stereocenters. The molecule has 140 valence electrons. The maximum atomic E-state index is 12.6. The molecule has 1 aromatic carbocycles. The Morgan fingerprint density at radius 2 is 1.84 bits per heavy atom. The van der Waals surface area contributed by atoms with E-state index in [9.17, 15) is 4.79 Å². The number of ether oxygens (including phenoxy) is 2. The molecule has 0 aromatic heterocycles. The number of carbonyl (C=O) groups excluding carboxylic acids is 1. The third-order valence-electron chi connectivity index (χ3n) is 5.29. The summed E-state index contributed by atoms with van der Waals surface area (Å²) in [6, 6.07) is 5.33. The van der Waals surface area contributed by atoms with Crippen LogP contribution in [0.25, 0.3) is 0 Å². The summed E-state index contributed by atoms with van der Waals surface area (Å²) in [5.41, 5.74) is 0.657. The van der Waals surface area contributed by atoms with Gasteiger partial charge < -0.3 is 19.7 Å². The first-order valence-electron chi connectivity index (χ1n) is 9.29. The van der Waals surface area contributed by atoms with Gasteiger partial charge in [0, 0.05) is 17.6 Å². The minimum Gasteiger partial charge on any atom is -0.493 e. The zero-order valence-corrected chi connectivity index (χ0v) is 16.1. The van der Waals surface area contributed by atoms with Crippen molar-refractivity contribution in [3.05, 3.63) is 23.8 Å². The Balaban J connectivity index is 2.07. The molecule has 1 saturated carbocycles. The second kappa shape index (κ2) is 9.09. The highest BCUT2D eigenvalue weighted by molar-refractivity contribution is 5.94. The van der Waals surface area contributed by atoms with Crippen LogP contribution in [0.5, 0.6) is 11.5 Å². The molecular weight excluding hydrogens is 316 g/mol. The predicted molar refractivity (Wildman–Crippen MR) is 101 cm³/mol. The van der Waals surface area contributed by atoms with Crippen LogP contribution in [0, 0.1) is 0 Å². The van der Waals surface area contributed by atoms with Crippen LogP contribution in [0.4, 0.5) is 0 Å². The molecule has 1 amide bonds. The molecule has 0 radical (unpaired) electrons. The number of methoxy groups -OCH3 is 1. The quantitative estimate of drug-likeness (QED) is 0.767. The third kappa shape index (κ3) is 4.88. The van der Waals surface area contributed by atoms with E-state index in [0.29, 0.717) is 30.2 Å². The van der Waals surface area contributed by atoms with Gasteiger partial charge in [0.05, 0.1) is 13.7 Å². The molecule has 0 spiro atoms. The summed E-state index contributed by atoms with van der Waals surface area (Å²) in [7, 11) is 5.83. The van der Waals surface area contributed by atoms with Gasteiger partial charge in [-0.3, -0.25) is 4.79 Å². The van der Waals surface area contributed by atoms with Crippen molar-refractivity contribution in [2.75, 3.05) is 34.4 Å². The molecule has 1 aliphatic rings. The number of carbonyl (C=O) groups is 1. The van der Waals surface area contributed by atoms with Gasteiger partial charge in [0.15, 0.2) is 11.5 Å². The molecule has 1 fully saturated rings. The fourth-order valence-corrected chi connectivity index (χ4v) is 3.60. The Morgan fingerprint density at radius 3 is 2.40 bits per heavy atom. The Hall–Kier alpha value is -1.75. The van der Waals surface area contributed by atoms with E-state index in [4.69, 9.17) is 9.47 Å². The minimum absolute atomic E-state index is 0.0571. The third-order valence-corrected chi connectivity index (χ3v) is 5.29. The average Bonchev–Trinajstić information content (AvgIpc) is 2.87. The maximum Gasteiger partial charge on any atom is 0.251 e. The highest BCUT2D eigenvalue weighted by Crippen LogP contribution is 2.31. The first-order valence-corrected chi connectivity index (χ1v) is 9.29. The summed E-state index contributed by atoms with van der Waals surface area (Å²) in [6.07, 6.45) is 7.30. The van der Waals surface area contributed by atoms with E-state index in [2.05, 4.69) is 24.3 Å². The Morgan fingerprint density at radius 1 is 1.16 bits per heavy atom. The Labute approximate surface area is 151 Å². The van der Waals surface area contributed by atoms with Gasteiger partial charge in [-0.15, -0.1) is 0 Å². The number of benzene rings is 1. The standard InChI is InChI=1S/C20H32N2O3/c1-5-25-17-11-10-16(14-18(17)24-4)19(23)21-15-20(22(2)3)12-8-6-7-9-13-20/h10-11,14H,5-9,12-13,15H2,1-4H3,(H,21,23). The van der Waals surface area contributed by atoms with Crippen LogP contribution >= 0.6 is 0 Å². The Kier molecular flexibility index (Phi) is 7.12. The normalized spacial score (nSPS) is 17.0. The minimum atomic E-state index is -0.0631. The van der Waals surface area contributed by atoms with E-state index in [0.717, 1.165) is 12.8 Å². The fraction of sp³-hybridized carbons (Fsp3) is 0.650. The van der Waals surface area contributed by atoms with E-state index in [-0.39, 0.29) is 11.4 Å². The van der Waals surface area contributed by atoms with Crippen LogP contribution < -0.4 is 14.8 Å². The molecular formula is C20H32N2O3. The SMILES string of the molecule is CCOc1ccc(C(=O)NCC2(N(C)C)CCCCCC2)cc1OC. The van der Waals surface area contributed by atoms with Gasteiger partial charge in [0.25, 0.3) is 5.91 Å². The highest BCUT2D eigenvalue weighted by atomic mass is 16.5. The van der Waals surface area contributed by atoms with Crippen LogP contribution in [-0.2, 0) is 0 Å². The molecule has 0 atom stereocenters. The summed E-state index contributed by atoms with van der Waals surface area (Å²) in [5.74, 6) is 1.19. The van der Waals surface area contributed by atoms with E-state index < -0.39 is 0 Å². The van der Waals surface area contributed by atoms with Crippen molar-refractivity contribution >= 4 is 5.91 Å². The van der Waals surface area contributed by atoms with E-state index in [1.807, 2.05) is 6.92 Å². The number of rotatable bonds is 7. The lowest BCUT2D eigenvalue weighted by Gasteiger charge is -2.39. The van der Waals surface area contributed by atoms with Gasteiger partial charge in [0.1, 0.15) is 0 Å². The average molecular weight is 348 g/mol. The summed E-state index contributed by atoms with van der Waals surface area (Å²) >= 11 is 0. The zero-order chi connectivity index (χ0) is 18.3. The molecule has 25 heavy (non-hydrogen) atoms. The highest BCUT2D eigenvalue weighted by Gasteiger charge is 2.33. The molecule has 1 N–H and O–H groups in total. The molecule has 2 rings (SSSR count). The largest absolute Gasteiger partial charge is 0.493 e. The van der Waals surface area contributed by atoms with Crippen molar-refractivity contribution in [1.82, 2.24) is 10.2 Å². The topological polar surface area (TPSA) is 50.8 Å². The second-order valence-electron chi connectivity index (χ2n) is 7.01. The van der Waals surface area contributed by atoms with Crippen molar-refractivity contribution in [3.8, 4) is 11.5 Å². The lowest BCUT2D eigenvalue weighted by Crippen LogP contribution is -2.52. The van der Waals surface area contributed by atoms with Crippen molar-refractivity contribution in [1.29, 1.82) is 0 Å². The summed E-state index contributed by atoms with van der Waals surface area (Å²) in [6.45, 7) is 3.16. The first-order chi connectivity index (χ1) is 12.0. The Bertz CT molecular complexity index is 564. The van der Waals surface area contributed by atoms with Gasteiger partial charge in [0.2, 0.25) is 0 Å². The number of nitrogens with one attached hydrogen (secondary N) is 1. The molecule has 1 aliphatic carbocycles. The lowest BCUT2D eigenvalue weighted by molar-refractivity contribution is 0.0868. The summed E-state index contributed by atoms with van der Waals surface area (Å²) in [5, 5.41) is 3.14.